The van der Waals surface area contributed by atoms with Gasteiger partial charge >= 0.3 is 0 Å². The lowest BCUT2D eigenvalue weighted by Gasteiger charge is -2.19. The van der Waals surface area contributed by atoms with Crippen LogP contribution in [0.3, 0.4) is 0 Å². The second-order valence-electron chi connectivity index (χ2n) is 7.34. The number of H-pyrrole nitrogens is 1. The number of benzene rings is 1. The van der Waals surface area contributed by atoms with Gasteiger partial charge in [0.1, 0.15) is 11.2 Å². The Kier molecular flexibility index (Phi) is 6.77. The van der Waals surface area contributed by atoms with Crippen LogP contribution in [0.15, 0.2) is 41.3 Å². The van der Waals surface area contributed by atoms with E-state index in [4.69, 9.17) is 0 Å². The number of nitrogens with one attached hydrogen (secondary N) is 2. The molecule has 3 rings (SSSR count). The normalized spacial score (nSPS) is 13.3. The van der Waals surface area contributed by atoms with E-state index in [0.717, 1.165) is 18.5 Å². The molecule has 8 nitrogen and oxygen atoms in total. The molecule has 2 heterocycles. The number of aryl methyl sites for hydroxylation is 1. The van der Waals surface area contributed by atoms with Gasteiger partial charge in [0.15, 0.2) is 5.65 Å². The van der Waals surface area contributed by atoms with Crippen molar-refractivity contribution in [3.63, 3.8) is 0 Å². The first-order valence-corrected chi connectivity index (χ1v) is 9.94. The monoisotopic (exact) mass is 397 g/mol. The van der Waals surface area contributed by atoms with Gasteiger partial charge in [-0.05, 0) is 24.5 Å². The molecular weight excluding hydrogens is 370 g/mol. The van der Waals surface area contributed by atoms with E-state index in [9.17, 15) is 14.7 Å². The van der Waals surface area contributed by atoms with Crippen molar-refractivity contribution in [1.82, 2.24) is 25.1 Å². The first-order chi connectivity index (χ1) is 14.0. The maximum absolute atomic E-state index is 12.4. The number of hydrogen-bond acceptors (Lipinski definition) is 5. The third kappa shape index (κ3) is 5.08. The maximum atomic E-state index is 12.4. The number of aliphatic hydroxyl groups excluding tert-OH is 1. The highest BCUT2D eigenvalue weighted by Gasteiger charge is 2.16. The predicted molar refractivity (Wildman–Crippen MR) is 111 cm³/mol. The lowest BCUT2D eigenvalue weighted by Crippen LogP contribution is -2.38. The minimum atomic E-state index is -0.280. The van der Waals surface area contributed by atoms with E-state index < -0.39 is 0 Å². The van der Waals surface area contributed by atoms with Gasteiger partial charge in [-0.3, -0.25) is 9.59 Å². The third-order valence-electron chi connectivity index (χ3n) is 5.05. The number of nitrogens with zero attached hydrogens (tertiary/aromatic N) is 3. The van der Waals surface area contributed by atoms with Crippen LogP contribution in [-0.4, -0.2) is 43.4 Å². The fourth-order valence-corrected chi connectivity index (χ4v) is 3.20. The number of carbonyl (C=O) groups excluding carboxylic acids is 1. The summed E-state index contributed by atoms with van der Waals surface area (Å²) in [6, 6.07) is 9.19. The van der Waals surface area contributed by atoms with Crippen LogP contribution in [0.25, 0.3) is 16.7 Å². The molecule has 0 saturated carbocycles. The zero-order valence-electron chi connectivity index (χ0n) is 16.8. The molecule has 0 saturated heterocycles. The number of para-hydroxylation sites is 1. The highest BCUT2D eigenvalue weighted by molar-refractivity contribution is 5.77. The van der Waals surface area contributed by atoms with Crippen LogP contribution in [-0.2, 0) is 11.2 Å². The molecule has 2 atom stereocenters. The molecule has 8 heteroatoms. The molecular formula is C21H27N5O3. The molecule has 3 N–H and O–H groups in total. The van der Waals surface area contributed by atoms with Crippen LogP contribution < -0.4 is 10.9 Å². The number of aromatic amines is 1. The highest BCUT2D eigenvalue weighted by atomic mass is 16.3. The number of aliphatic hydroxyl groups is 1. The number of aromatic nitrogens is 4. The summed E-state index contributed by atoms with van der Waals surface area (Å²) >= 11 is 0. The largest absolute Gasteiger partial charge is 0.394 e. The average molecular weight is 397 g/mol. The lowest BCUT2D eigenvalue weighted by atomic mass is 9.99. The molecule has 0 bridgehead atoms. The zero-order chi connectivity index (χ0) is 20.8. The Hall–Kier alpha value is -3.00. The Morgan fingerprint density at radius 2 is 2.07 bits per heavy atom. The van der Waals surface area contributed by atoms with Crippen molar-refractivity contribution in [3.8, 4) is 5.69 Å². The summed E-state index contributed by atoms with van der Waals surface area (Å²) in [5.74, 6) is 0.677. The molecule has 0 aliphatic heterocycles. The SMILES string of the molecule is CCC(C)CC(CO)NC(=O)CCc1nc2c(cnn2-c2ccccc2)c(=O)[nH]1. The highest BCUT2D eigenvalue weighted by Crippen LogP contribution is 2.14. The van der Waals surface area contributed by atoms with Gasteiger partial charge in [0.05, 0.1) is 24.5 Å². The Morgan fingerprint density at radius 1 is 1.31 bits per heavy atom. The van der Waals surface area contributed by atoms with Crippen molar-refractivity contribution in [2.75, 3.05) is 6.61 Å². The van der Waals surface area contributed by atoms with Gasteiger partial charge in [-0.2, -0.15) is 5.10 Å². The minimum absolute atomic E-state index is 0.0899. The number of amides is 1. The van der Waals surface area contributed by atoms with Crippen molar-refractivity contribution in [3.05, 3.63) is 52.7 Å². The van der Waals surface area contributed by atoms with Gasteiger partial charge in [0, 0.05) is 12.8 Å². The molecule has 0 fully saturated rings. The molecule has 2 aromatic heterocycles. The number of carbonyl (C=O) groups is 1. The van der Waals surface area contributed by atoms with E-state index in [1.807, 2.05) is 30.3 Å². The second kappa shape index (κ2) is 9.47. The molecule has 29 heavy (non-hydrogen) atoms. The van der Waals surface area contributed by atoms with Crippen LogP contribution in [0.1, 0.15) is 38.9 Å². The first kappa shape index (κ1) is 20.7. The number of fused-ring (bicyclic) bond motifs is 1. The molecule has 154 valence electrons. The second-order valence-corrected chi connectivity index (χ2v) is 7.34. The summed E-state index contributed by atoms with van der Waals surface area (Å²) in [6.45, 7) is 4.08. The maximum Gasteiger partial charge on any atom is 0.262 e. The first-order valence-electron chi connectivity index (χ1n) is 9.94. The molecule has 1 aromatic carbocycles. The van der Waals surface area contributed by atoms with Crippen molar-refractivity contribution in [2.24, 2.45) is 5.92 Å². The van der Waals surface area contributed by atoms with Gasteiger partial charge in [-0.25, -0.2) is 9.67 Å². The van der Waals surface area contributed by atoms with Crippen molar-refractivity contribution < 1.29 is 9.90 Å². The van der Waals surface area contributed by atoms with E-state index in [1.54, 1.807) is 4.68 Å². The molecule has 3 aromatic rings. The van der Waals surface area contributed by atoms with Gasteiger partial charge in [-0.1, -0.05) is 38.5 Å². The van der Waals surface area contributed by atoms with E-state index in [1.165, 1.54) is 6.20 Å². The van der Waals surface area contributed by atoms with Crippen molar-refractivity contribution in [1.29, 1.82) is 0 Å². The lowest BCUT2D eigenvalue weighted by molar-refractivity contribution is -0.122. The topological polar surface area (TPSA) is 113 Å². The standard InChI is InChI=1S/C21H27N5O3/c1-3-14(2)11-15(13-27)23-19(28)10-9-18-24-20-17(21(29)25-18)12-22-26(20)16-7-5-4-6-8-16/h4-8,12,14-15,27H,3,9-11,13H2,1-2H3,(H,23,28)(H,24,25,29). The molecule has 0 aliphatic rings. The summed E-state index contributed by atoms with van der Waals surface area (Å²) in [7, 11) is 0. The van der Waals surface area contributed by atoms with Crippen LogP contribution in [0.4, 0.5) is 0 Å². The van der Waals surface area contributed by atoms with Crippen molar-refractivity contribution >= 4 is 16.9 Å². The summed E-state index contributed by atoms with van der Waals surface area (Å²) in [6.07, 6.45) is 3.68. The number of rotatable bonds is 9. The van der Waals surface area contributed by atoms with Crippen molar-refractivity contribution in [2.45, 2.75) is 45.6 Å². The Bertz CT molecular complexity index is 1010. The average Bonchev–Trinajstić information content (AvgIpc) is 3.16. The summed E-state index contributed by atoms with van der Waals surface area (Å²) in [4.78, 5) is 31.9. The summed E-state index contributed by atoms with van der Waals surface area (Å²) in [5.41, 5.74) is 0.984. The van der Waals surface area contributed by atoms with Gasteiger partial charge in [0.25, 0.3) is 5.56 Å². The van der Waals surface area contributed by atoms with Gasteiger partial charge in [-0.15, -0.1) is 0 Å². The quantitative estimate of drug-likeness (QED) is 0.511. The summed E-state index contributed by atoms with van der Waals surface area (Å²) < 4.78 is 1.61. The molecule has 2 unspecified atom stereocenters. The molecule has 0 spiro atoms. The van der Waals surface area contributed by atoms with E-state index in [0.29, 0.717) is 29.2 Å². The number of hydrogen-bond donors (Lipinski definition) is 3. The predicted octanol–water partition coefficient (Wildman–Crippen LogP) is 1.95. The summed E-state index contributed by atoms with van der Waals surface area (Å²) in [5, 5.41) is 17.0. The fourth-order valence-electron chi connectivity index (χ4n) is 3.20. The third-order valence-corrected chi connectivity index (χ3v) is 5.05. The molecule has 0 aliphatic carbocycles. The van der Waals surface area contributed by atoms with E-state index in [2.05, 4.69) is 34.2 Å². The smallest absolute Gasteiger partial charge is 0.262 e. The zero-order valence-corrected chi connectivity index (χ0v) is 16.8. The minimum Gasteiger partial charge on any atom is -0.394 e. The van der Waals surface area contributed by atoms with Crippen LogP contribution in [0, 0.1) is 5.92 Å². The van der Waals surface area contributed by atoms with E-state index in [-0.39, 0.29) is 30.5 Å². The Balaban J connectivity index is 1.72. The Labute approximate surface area is 169 Å². The fraction of sp³-hybridized carbons (Fsp3) is 0.429. The van der Waals surface area contributed by atoms with Crippen LogP contribution >= 0.6 is 0 Å². The van der Waals surface area contributed by atoms with Gasteiger partial charge in [0.2, 0.25) is 5.91 Å². The van der Waals surface area contributed by atoms with Crippen LogP contribution in [0.5, 0.6) is 0 Å². The molecule has 1 amide bonds. The molecule has 0 radical (unpaired) electrons. The van der Waals surface area contributed by atoms with Crippen LogP contribution in [0.2, 0.25) is 0 Å². The van der Waals surface area contributed by atoms with E-state index >= 15 is 0 Å². The van der Waals surface area contributed by atoms with Gasteiger partial charge < -0.3 is 15.4 Å². The Morgan fingerprint density at radius 3 is 2.76 bits per heavy atom.